The van der Waals surface area contributed by atoms with Gasteiger partial charge in [0.2, 0.25) is 0 Å². The van der Waals surface area contributed by atoms with E-state index in [0.717, 1.165) is 25.9 Å². The van der Waals surface area contributed by atoms with Crippen LogP contribution in [0.2, 0.25) is 0 Å². The summed E-state index contributed by atoms with van der Waals surface area (Å²) >= 11 is 0. The Kier molecular flexibility index (Phi) is 3.71. The largest absolute Gasteiger partial charge is 0.391 e. The highest BCUT2D eigenvalue weighted by atomic mass is 16.3. The van der Waals surface area contributed by atoms with Gasteiger partial charge < -0.3 is 15.7 Å². The molecule has 0 amide bonds. The van der Waals surface area contributed by atoms with Crippen molar-refractivity contribution < 1.29 is 5.11 Å². The maximum Gasteiger partial charge on any atom is 0.0717 e. The van der Waals surface area contributed by atoms with Crippen molar-refractivity contribution in [3.05, 3.63) is 0 Å². The Hall–Kier alpha value is -0.120. The summed E-state index contributed by atoms with van der Waals surface area (Å²) < 4.78 is 0. The second-order valence-corrected chi connectivity index (χ2v) is 4.55. The molecule has 13 heavy (non-hydrogen) atoms. The van der Waals surface area contributed by atoms with Crippen LogP contribution in [0.25, 0.3) is 0 Å². The zero-order chi connectivity index (χ0) is 9.90. The summed E-state index contributed by atoms with van der Waals surface area (Å²) in [5, 5.41) is 16.5. The maximum atomic E-state index is 9.73. The lowest BCUT2D eigenvalue weighted by molar-refractivity contribution is 0.0833. The first-order valence-corrected chi connectivity index (χ1v) is 5.21. The number of rotatable bonds is 3. The first-order valence-electron chi connectivity index (χ1n) is 5.21. The fraction of sp³-hybridized carbons (Fsp3) is 1.00. The lowest BCUT2D eigenvalue weighted by Crippen LogP contribution is -2.57. The Morgan fingerprint density at radius 3 is 2.77 bits per heavy atom. The first-order chi connectivity index (χ1) is 6.05. The van der Waals surface area contributed by atoms with Crippen molar-refractivity contribution in [1.82, 2.24) is 10.6 Å². The van der Waals surface area contributed by atoms with Crippen LogP contribution in [-0.4, -0.2) is 35.9 Å². The molecule has 1 fully saturated rings. The molecule has 3 heteroatoms. The van der Waals surface area contributed by atoms with Crippen LogP contribution in [0.1, 0.15) is 33.6 Å². The zero-order valence-corrected chi connectivity index (χ0v) is 8.93. The summed E-state index contributed by atoms with van der Waals surface area (Å²) in [4.78, 5) is 0. The highest BCUT2D eigenvalue weighted by Gasteiger charge is 2.27. The summed E-state index contributed by atoms with van der Waals surface area (Å²) in [7, 11) is 0. The van der Waals surface area contributed by atoms with Crippen molar-refractivity contribution >= 4 is 0 Å². The molecular formula is C10H22N2O. The minimum atomic E-state index is -0.188. The van der Waals surface area contributed by atoms with E-state index in [2.05, 4.69) is 31.4 Å². The van der Waals surface area contributed by atoms with Gasteiger partial charge in [-0.2, -0.15) is 0 Å². The molecule has 0 bridgehead atoms. The Bertz CT molecular complexity index is 159. The molecule has 0 saturated carbocycles. The van der Waals surface area contributed by atoms with Crippen LogP contribution < -0.4 is 10.6 Å². The van der Waals surface area contributed by atoms with E-state index in [1.165, 1.54) is 0 Å². The molecule has 3 N–H and O–H groups in total. The Morgan fingerprint density at radius 2 is 2.23 bits per heavy atom. The standard InChI is InChI=1S/C10H22N2O/c1-4-10(2,3)12-8-7-11-6-5-9(8)13/h8-9,11-13H,4-7H2,1-3H3. The molecule has 1 heterocycles. The van der Waals surface area contributed by atoms with Gasteiger partial charge in [0.25, 0.3) is 0 Å². The minimum absolute atomic E-state index is 0.130. The van der Waals surface area contributed by atoms with E-state index in [4.69, 9.17) is 0 Å². The number of hydrogen-bond donors (Lipinski definition) is 3. The van der Waals surface area contributed by atoms with E-state index >= 15 is 0 Å². The number of hydrogen-bond acceptors (Lipinski definition) is 3. The number of aliphatic hydroxyl groups is 1. The maximum absolute atomic E-state index is 9.73. The van der Waals surface area contributed by atoms with Gasteiger partial charge in [-0.1, -0.05) is 6.92 Å². The summed E-state index contributed by atoms with van der Waals surface area (Å²) in [6, 6.07) is 0.212. The SMILES string of the molecule is CCC(C)(C)NC1CNCCC1O. The van der Waals surface area contributed by atoms with Gasteiger partial charge in [-0.15, -0.1) is 0 Å². The van der Waals surface area contributed by atoms with Gasteiger partial charge in [-0.05, 0) is 33.2 Å². The number of aliphatic hydroxyl groups excluding tert-OH is 1. The van der Waals surface area contributed by atoms with Crippen molar-refractivity contribution in [2.75, 3.05) is 13.1 Å². The third kappa shape index (κ3) is 3.25. The average molecular weight is 186 g/mol. The van der Waals surface area contributed by atoms with Crippen molar-refractivity contribution in [2.24, 2.45) is 0 Å². The van der Waals surface area contributed by atoms with Crippen LogP contribution in [0.5, 0.6) is 0 Å². The van der Waals surface area contributed by atoms with E-state index in [0.29, 0.717) is 0 Å². The highest BCUT2D eigenvalue weighted by Crippen LogP contribution is 2.12. The molecule has 1 saturated heterocycles. The predicted octanol–water partition coefficient (Wildman–Crippen LogP) is 0.487. The molecule has 0 aromatic rings. The first kappa shape index (κ1) is 11.0. The van der Waals surface area contributed by atoms with Crippen LogP contribution in [-0.2, 0) is 0 Å². The average Bonchev–Trinajstić information content (AvgIpc) is 2.09. The van der Waals surface area contributed by atoms with E-state index in [9.17, 15) is 5.11 Å². The zero-order valence-electron chi connectivity index (χ0n) is 8.93. The van der Waals surface area contributed by atoms with Crippen molar-refractivity contribution in [1.29, 1.82) is 0 Å². The summed E-state index contributed by atoms with van der Waals surface area (Å²) in [5.74, 6) is 0. The van der Waals surface area contributed by atoms with Gasteiger partial charge in [-0.25, -0.2) is 0 Å². The monoisotopic (exact) mass is 186 g/mol. The van der Waals surface area contributed by atoms with Gasteiger partial charge in [0.15, 0.2) is 0 Å². The Labute approximate surface area is 80.9 Å². The molecule has 0 aromatic carbocycles. The minimum Gasteiger partial charge on any atom is -0.391 e. The Morgan fingerprint density at radius 1 is 1.54 bits per heavy atom. The van der Waals surface area contributed by atoms with Crippen LogP contribution in [0.15, 0.2) is 0 Å². The molecule has 2 unspecified atom stereocenters. The topological polar surface area (TPSA) is 44.3 Å². The molecule has 1 rings (SSSR count). The van der Waals surface area contributed by atoms with Crippen molar-refractivity contribution in [3.63, 3.8) is 0 Å². The Balaban J connectivity index is 2.42. The van der Waals surface area contributed by atoms with E-state index in [1.807, 2.05) is 0 Å². The molecule has 0 aliphatic carbocycles. The van der Waals surface area contributed by atoms with Gasteiger partial charge >= 0.3 is 0 Å². The van der Waals surface area contributed by atoms with Gasteiger partial charge in [0.05, 0.1) is 6.10 Å². The van der Waals surface area contributed by atoms with E-state index in [1.54, 1.807) is 0 Å². The summed E-state index contributed by atoms with van der Waals surface area (Å²) in [6.07, 6.45) is 1.75. The molecule has 0 spiro atoms. The molecule has 2 atom stereocenters. The van der Waals surface area contributed by atoms with Crippen LogP contribution in [0.4, 0.5) is 0 Å². The third-order valence-corrected chi connectivity index (χ3v) is 2.91. The van der Waals surface area contributed by atoms with E-state index in [-0.39, 0.29) is 17.7 Å². The smallest absolute Gasteiger partial charge is 0.0717 e. The molecular weight excluding hydrogens is 164 g/mol. The molecule has 1 aliphatic heterocycles. The fourth-order valence-corrected chi connectivity index (χ4v) is 1.60. The van der Waals surface area contributed by atoms with Crippen molar-refractivity contribution in [3.8, 4) is 0 Å². The molecule has 0 aromatic heterocycles. The second-order valence-electron chi connectivity index (χ2n) is 4.55. The highest BCUT2D eigenvalue weighted by molar-refractivity contribution is 4.89. The lowest BCUT2D eigenvalue weighted by atomic mass is 9.96. The predicted molar refractivity (Wildman–Crippen MR) is 54.8 cm³/mol. The van der Waals surface area contributed by atoms with Crippen LogP contribution in [0, 0.1) is 0 Å². The van der Waals surface area contributed by atoms with Crippen molar-refractivity contribution in [2.45, 2.75) is 51.3 Å². The molecule has 3 nitrogen and oxygen atoms in total. The third-order valence-electron chi connectivity index (χ3n) is 2.91. The summed E-state index contributed by atoms with van der Waals surface area (Å²) in [6.45, 7) is 8.33. The van der Waals surface area contributed by atoms with Gasteiger partial charge in [0.1, 0.15) is 0 Å². The molecule has 1 aliphatic rings. The normalized spacial score (nSPS) is 30.5. The fourth-order valence-electron chi connectivity index (χ4n) is 1.60. The second kappa shape index (κ2) is 4.40. The van der Waals surface area contributed by atoms with Gasteiger partial charge in [-0.3, -0.25) is 0 Å². The number of nitrogens with one attached hydrogen (secondary N) is 2. The van der Waals surface area contributed by atoms with Gasteiger partial charge in [0, 0.05) is 18.1 Å². The molecule has 78 valence electrons. The lowest BCUT2D eigenvalue weighted by Gasteiger charge is -2.36. The van der Waals surface area contributed by atoms with E-state index < -0.39 is 0 Å². The molecule has 0 radical (unpaired) electrons. The number of piperidine rings is 1. The summed E-state index contributed by atoms with van der Waals surface area (Å²) in [5.41, 5.74) is 0.130. The van der Waals surface area contributed by atoms with Crippen LogP contribution in [0.3, 0.4) is 0 Å². The van der Waals surface area contributed by atoms with Crippen LogP contribution >= 0.6 is 0 Å². The quantitative estimate of drug-likeness (QED) is 0.601.